The van der Waals surface area contributed by atoms with Crippen LogP contribution in [0.15, 0.2) is 24.4 Å². The van der Waals surface area contributed by atoms with Crippen molar-refractivity contribution in [3.8, 4) is 0 Å². The van der Waals surface area contributed by atoms with Crippen LogP contribution in [0.5, 0.6) is 0 Å². The van der Waals surface area contributed by atoms with E-state index in [0.29, 0.717) is 45.3 Å². The molecule has 0 aliphatic carbocycles. The van der Waals surface area contributed by atoms with Crippen molar-refractivity contribution in [1.29, 1.82) is 0 Å². The minimum absolute atomic E-state index is 0.144. The van der Waals surface area contributed by atoms with E-state index in [1.807, 2.05) is 47.7 Å². The Morgan fingerprint density at radius 3 is 2.33 bits per heavy atom. The van der Waals surface area contributed by atoms with Crippen LogP contribution in [0, 0.1) is 20.8 Å². The number of amides is 1. The standard InChI is InChI=1S/C33H49N3O6/c1-22-14-23(2)16-25(15-22)18-40-33(9,21-38-19-27-20-39-32(7,8)41-27)28-17-34-24(3)35-29(28)26-10-12-36(13-11-26)30(37)42-31(4,5)6/h14-17,26-27H,10-13,18-21H2,1-9H3. The number of ether oxygens (including phenoxy) is 5. The summed E-state index contributed by atoms with van der Waals surface area (Å²) in [6.45, 7) is 20.5. The molecule has 0 bridgehead atoms. The zero-order valence-corrected chi connectivity index (χ0v) is 26.9. The fourth-order valence-electron chi connectivity index (χ4n) is 5.69. The highest BCUT2D eigenvalue weighted by Crippen LogP contribution is 2.37. The quantitative estimate of drug-likeness (QED) is 0.349. The van der Waals surface area contributed by atoms with E-state index in [-0.39, 0.29) is 18.1 Å². The van der Waals surface area contributed by atoms with Crippen molar-refractivity contribution in [2.24, 2.45) is 0 Å². The Bertz CT molecular complexity index is 1210. The molecule has 2 saturated heterocycles. The summed E-state index contributed by atoms with van der Waals surface area (Å²) in [7, 11) is 0. The van der Waals surface area contributed by atoms with Crippen LogP contribution in [-0.4, -0.2) is 71.4 Å². The lowest BCUT2D eigenvalue weighted by atomic mass is 9.85. The van der Waals surface area contributed by atoms with E-state index in [1.54, 1.807) is 4.90 Å². The molecule has 42 heavy (non-hydrogen) atoms. The first-order valence-electron chi connectivity index (χ1n) is 15.0. The number of aryl methyl sites for hydroxylation is 3. The molecule has 9 nitrogen and oxygen atoms in total. The van der Waals surface area contributed by atoms with Crippen LogP contribution >= 0.6 is 0 Å². The SMILES string of the molecule is Cc1cc(C)cc(COC(C)(COCC2COC(C)(C)O2)c2cnc(C)nc2C2CCN(C(=O)OC(C)(C)C)CC2)c1. The van der Waals surface area contributed by atoms with Crippen LogP contribution in [0.4, 0.5) is 4.79 Å². The third-order valence-corrected chi connectivity index (χ3v) is 7.63. The highest BCUT2D eigenvalue weighted by Gasteiger charge is 2.38. The molecule has 1 aromatic carbocycles. The molecule has 0 saturated carbocycles. The van der Waals surface area contributed by atoms with Crippen molar-refractivity contribution in [2.45, 2.75) is 111 Å². The van der Waals surface area contributed by atoms with Gasteiger partial charge in [0.15, 0.2) is 5.79 Å². The monoisotopic (exact) mass is 583 g/mol. The molecule has 9 heteroatoms. The summed E-state index contributed by atoms with van der Waals surface area (Å²) in [5.74, 6) is 0.250. The first kappa shape index (κ1) is 32.3. The zero-order chi connectivity index (χ0) is 30.7. The highest BCUT2D eigenvalue weighted by molar-refractivity contribution is 5.68. The van der Waals surface area contributed by atoms with Crippen molar-refractivity contribution in [2.75, 3.05) is 32.9 Å². The van der Waals surface area contributed by atoms with Gasteiger partial charge in [-0.05, 0) is 80.7 Å². The van der Waals surface area contributed by atoms with Gasteiger partial charge in [0, 0.05) is 30.8 Å². The van der Waals surface area contributed by atoms with Crippen molar-refractivity contribution in [3.05, 3.63) is 58.2 Å². The van der Waals surface area contributed by atoms with E-state index < -0.39 is 17.0 Å². The third-order valence-electron chi connectivity index (χ3n) is 7.63. The number of nitrogens with zero attached hydrogens (tertiary/aromatic N) is 3. The van der Waals surface area contributed by atoms with Gasteiger partial charge in [-0.15, -0.1) is 0 Å². The molecule has 4 rings (SSSR count). The molecule has 2 atom stereocenters. The summed E-state index contributed by atoms with van der Waals surface area (Å²) in [6, 6.07) is 6.46. The Balaban J connectivity index is 1.55. The summed E-state index contributed by atoms with van der Waals surface area (Å²) in [4.78, 5) is 24.0. The van der Waals surface area contributed by atoms with Gasteiger partial charge in [0.05, 0.1) is 32.1 Å². The molecule has 1 amide bonds. The highest BCUT2D eigenvalue weighted by atomic mass is 16.7. The third kappa shape index (κ3) is 8.72. The summed E-state index contributed by atoms with van der Waals surface area (Å²) >= 11 is 0. The van der Waals surface area contributed by atoms with Crippen LogP contribution < -0.4 is 0 Å². The minimum Gasteiger partial charge on any atom is -0.444 e. The van der Waals surface area contributed by atoms with Gasteiger partial charge in [-0.3, -0.25) is 0 Å². The molecule has 0 N–H and O–H groups in total. The number of hydrogen-bond acceptors (Lipinski definition) is 8. The second kappa shape index (κ2) is 13.0. The van der Waals surface area contributed by atoms with Crippen LogP contribution in [0.25, 0.3) is 0 Å². The summed E-state index contributed by atoms with van der Waals surface area (Å²) in [5, 5.41) is 0. The number of hydrogen-bond donors (Lipinski definition) is 0. The van der Waals surface area contributed by atoms with Crippen molar-refractivity contribution in [3.63, 3.8) is 0 Å². The fraction of sp³-hybridized carbons (Fsp3) is 0.667. The number of carbonyl (C=O) groups is 1. The zero-order valence-electron chi connectivity index (χ0n) is 26.9. The van der Waals surface area contributed by atoms with E-state index >= 15 is 0 Å². The van der Waals surface area contributed by atoms with Gasteiger partial charge in [0.2, 0.25) is 0 Å². The Hall–Kier alpha value is -2.59. The Morgan fingerprint density at radius 1 is 1.07 bits per heavy atom. The number of likely N-dealkylation sites (tertiary alicyclic amines) is 1. The summed E-state index contributed by atoms with van der Waals surface area (Å²) < 4.78 is 30.3. The number of benzene rings is 1. The molecular formula is C33H49N3O6. The van der Waals surface area contributed by atoms with Gasteiger partial charge in [-0.1, -0.05) is 29.3 Å². The van der Waals surface area contributed by atoms with Gasteiger partial charge in [0.25, 0.3) is 0 Å². The Morgan fingerprint density at radius 2 is 1.74 bits per heavy atom. The van der Waals surface area contributed by atoms with E-state index in [9.17, 15) is 4.79 Å². The first-order chi connectivity index (χ1) is 19.6. The van der Waals surface area contributed by atoms with E-state index in [0.717, 1.165) is 29.7 Å². The number of rotatable bonds is 9. The van der Waals surface area contributed by atoms with Crippen molar-refractivity contribution >= 4 is 6.09 Å². The fourth-order valence-corrected chi connectivity index (χ4v) is 5.69. The molecule has 0 spiro atoms. The number of aromatic nitrogens is 2. The maximum absolute atomic E-state index is 12.7. The van der Waals surface area contributed by atoms with Gasteiger partial charge >= 0.3 is 6.09 Å². The van der Waals surface area contributed by atoms with Gasteiger partial charge in [0.1, 0.15) is 23.1 Å². The second-order valence-electron chi connectivity index (χ2n) is 13.4. The average molecular weight is 584 g/mol. The van der Waals surface area contributed by atoms with Crippen LogP contribution in [0.2, 0.25) is 0 Å². The molecular weight excluding hydrogens is 534 g/mol. The second-order valence-corrected chi connectivity index (χ2v) is 13.4. The smallest absolute Gasteiger partial charge is 0.410 e. The van der Waals surface area contributed by atoms with Crippen molar-refractivity contribution in [1.82, 2.24) is 14.9 Å². The van der Waals surface area contributed by atoms with Crippen LogP contribution in [0.3, 0.4) is 0 Å². The predicted molar refractivity (Wildman–Crippen MR) is 160 cm³/mol. The molecule has 2 aromatic rings. The first-order valence-corrected chi connectivity index (χ1v) is 15.0. The molecule has 2 unspecified atom stereocenters. The van der Waals surface area contributed by atoms with Crippen molar-refractivity contribution < 1.29 is 28.5 Å². The average Bonchev–Trinajstić information content (AvgIpc) is 3.24. The Labute approximate surface area is 251 Å². The lowest BCUT2D eigenvalue weighted by Gasteiger charge is -2.36. The van der Waals surface area contributed by atoms with Crippen LogP contribution in [-0.2, 0) is 35.9 Å². The molecule has 3 heterocycles. The number of piperidine rings is 1. The molecule has 0 radical (unpaired) electrons. The number of carbonyl (C=O) groups excluding carboxylic acids is 1. The van der Waals surface area contributed by atoms with Gasteiger partial charge < -0.3 is 28.6 Å². The van der Waals surface area contributed by atoms with E-state index in [2.05, 4.69) is 44.0 Å². The maximum Gasteiger partial charge on any atom is 0.410 e. The maximum atomic E-state index is 12.7. The Kier molecular flexibility index (Phi) is 9.97. The topological polar surface area (TPSA) is 92.2 Å². The lowest BCUT2D eigenvalue weighted by molar-refractivity contribution is -0.153. The predicted octanol–water partition coefficient (Wildman–Crippen LogP) is 6.12. The largest absolute Gasteiger partial charge is 0.444 e. The molecule has 232 valence electrons. The summed E-state index contributed by atoms with van der Waals surface area (Å²) in [5.41, 5.74) is 4.03. The minimum atomic E-state index is -0.821. The molecule has 2 aliphatic heterocycles. The van der Waals surface area contributed by atoms with E-state index in [1.165, 1.54) is 11.1 Å². The summed E-state index contributed by atoms with van der Waals surface area (Å²) in [6.07, 6.45) is 3.03. The van der Waals surface area contributed by atoms with Gasteiger partial charge in [-0.2, -0.15) is 0 Å². The van der Waals surface area contributed by atoms with Gasteiger partial charge in [-0.25, -0.2) is 14.8 Å². The molecule has 1 aromatic heterocycles. The van der Waals surface area contributed by atoms with Crippen LogP contribution in [0.1, 0.15) is 94.1 Å². The molecule has 2 aliphatic rings. The van der Waals surface area contributed by atoms with E-state index in [4.69, 9.17) is 28.7 Å². The molecule has 2 fully saturated rings. The lowest BCUT2D eigenvalue weighted by Crippen LogP contribution is -2.42. The normalized spacial score (nSPS) is 20.9.